The van der Waals surface area contributed by atoms with Crippen molar-refractivity contribution in [3.63, 3.8) is 0 Å². The van der Waals surface area contributed by atoms with Crippen molar-refractivity contribution in [3.05, 3.63) is 53.6 Å². The Hall–Kier alpha value is -4.54. The van der Waals surface area contributed by atoms with Crippen LogP contribution in [0.3, 0.4) is 0 Å². The van der Waals surface area contributed by atoms with Gasteiger partial charge < -0.3 is 33.2 Å². The first kappa shape index (κ1) is 30.7. The smallest absolute Gasteiger partial charge is 0.308 e. The predicted molar refractivity (Wildman–Crippen MR) is 139 cm³/mol. The second-order valence-electron chi connectivity index (χ2n) is 8.11. The van der Waals surface area contributed by atoms with Crippen LogP contribution in [0.5, 0.6) is 23.0 Å². The molecule has 2 aromatic carbocycles. The Morgan fingerprint density at radius 3 is 1.97 bits per heavy atom. The average Bonchev–Trinajstić information content (AvgIpc) is 2.87. The number of hydrogen-bond donors (Lipinski definition) is 0. The Morgan fingerprint density at radius 1 is 0.744 bits per heavy atom. The second kappa shape index (κ2) is 15.0. The SMILES string of the molecule is COc1cc([C@@H](OC(C)=O)[C@H](COC(C)=O)Oc2ccc(/C=C/COC(C)=O)cc2OC)ccc1OC(C)=O. The Labute approximate surface area is 226 Å². The lowest BCUT2D eigenvalue weighted by Crippen LogP contribution is -2.34. The summed E-state index contributed by atoms with van der Waals surface area (Å²) >= 11 is 0. The van der Waals surface area contributed by atoms with E-state index in [2.05, 4.69) is 0 Å². The van der Waals surface area contributed by atoms with Crippen LogP contribution < -0.4 is 18.9 Å². The molecular weight excluding hydrogens is 512 g/mol. The number of ether oxygens (including phenoxy) is 7. The van der Waals surface area contributed by atoms with Gasteiger partial charge in [0.15, 0.2) is 35.2 Å². The van der Waals surface area contributed by atoms with E-state index in [1.165, 1.54) is 54.0 Å². The average molecular weight is 545 g/mol. The zero-order valence-corrected chi connectivity index (χ0v) is 22.7. The Balaban J connectivity index is 2.45. The summed E-state index contributed by atoms with van der Waals surface area (Å²) < 4.78 is 37.9. The minimum absolute atomic E-state index is 0.115. The van der Waals surface area contributed by atoms with Gasteiger partial charge in [0.25, 0.3) is 0 Å². The molecule has 11 heteroatoms. The minimum atomic E-state index is -1.06. The lowest BCUT2D eigenvalue weighted by Gasteiger charge is -2.28. The molecule has 0 spiro atoms. The van der Waals surface area contributed by atoms with E-state index in [0.29, 0.717) is 11.3 Å². The number of methoxy groups -OCH3 is 2. The molecule has 2 aromatic rings. The van der Waals surface area contributed by atoms with Crippen LogP contribution in [-0.2, 0) is 33.4 Å². The molecule has 0 aliphatic heterocycles. The summed E-state index contributed by atoms with van der Waals surface area (Å²) in [6.07, 6.45) is 1.34. The summed E-state index contributed by atoms with van der Waals surface area (Å²) in [5.74, 6) is -1.08. The molecule has 0 aliphatic rings. The van der Waals surface area contributed by atoms with Crippen molar-refractivity contribution < 1.29 is 52.3 Å². The topological polar surface area (TPSA) is 133 Å². The Bertz CT molecular complexity index is 1200. The highest BCUT2D eigenvalue weighted by Crippen LogP contribution is 2.36. The lowest BCUT2D eigenvalue weighted by atomic mass is 10.0. The number of esters is 4. The molecule has 0 N–H and O–H groups in total. The molecule has 0 saturated carbocycles. The van der Waals surface area contributed by atoms with Crippen molar-refractivity contribution >= 4 is 30.0 Å². The van der Waals surface area contributed by atoms with Crippen LogP contribution in [0, 0.1) is 0 Å². The second-order valence-corrected chi connectivity index (χ2v) is 8.11. The molecule has 0 radical (unpaired) electrons. The molecular formula is C28H32O11. The van der Waals surface area contributed by atoms with Crippen molar-refractivity contribution in [2.45, 2.75) is 39.9 Å². The molecule has 0 fully saturated rings. The maximum absolute atomic E-state index is 12.1. The van der Waals surface area contributed by atoms with E-state index in [1.807, 2.05) is 0 Å². The summed E-state index contributed by atoms with van der Waals surface area (Å²) in [7, 11) is 2.85. The van der Waals surface area contributed by atoms with E-state index < -0.39 is 30.1 Å². The molecule has 39 heavy (non-hydrogen) atoms. The highest BCUT2D eigenvalue weighted by Gasteiger charge is 2.31. The number of benzene rings is 2. The van der Waals surface area contributed by atoms with Crippen LogP contribution in [0.2, 0.25) is 0 Å². The summed E-state index contributed by atoms with van der Waals surface area (Å²) in [6.45, 7) is 4.90. The summed E-state index contributed by atoms with van der Waals surface area (Å²) in [5, 5.41) is 0. The summed E-state index contributed by atoms with van der Waals surface area (Å²) in [6, 6.07) is 9.67. The first-order valence-corrected chi connectivity index (χ1v) is 11.9. The zero-order valence-electron chi connectivity index (χ0n) is 22.7. The Morgan fingerprint density at radius 2 is 1.38 bits per heavy atom. The molecule has 0 bridgehead atoms. The van der Waals surface area contributed by atoms with E-state index in [0.717, 1.165) is 5.56 Å². The van der Waals surface area contributed by atoms with Crippen LogP contribution >= 0.6 is 0 Å². The van der Waals surface area contributed by atoms with Gasteiger partial charge >= 0.3 is 23.9 Å². The first-order valence-electron chi connectivity index (χ1n) is 11.9. The van der Waals surface area contributed by atoms with Crippen molar-refractivity contribution in [1.29, 1.82) is 0 Å². The number of carbonyl (C=O) groups is 4. The molecule has 0 unspecified atom stereocenters. The largest absolute Gasteiger partial charge is 0.493 e. The molecule has 2 atom stereocenters. The first-order chi connectivity index (χ1) is 18.5. The van der Waals surface area contributed by atoms with E-state index in [1.54, 1.807) is 36.4 Å². The van der Waals surface area contributed by atoms with Crippen LogP contribution in [0.1, 0.15) is 44.9 Å². The van der Waals surface area contributed by atoms with Gasteiger partial charge in [0.2, 0.25) is 0 Å². The van der Waals surface area contributed by atoms with Gasteiger partial charge in [-0.25, -0.2) is 0 Å². The Kier molecular flexibility index (Phi) is 11.8. The van der Waals surface area contributed by atoms with Gasteiger partial charge in [0, 0.05) is 33.3 Å². The van der Waals surface area contributed by atoms with Crippen molar-refractivity contribution in [2.75, 3.05) is 27.4 Å². The molecule has 210 valence electrons. The van der Waals surface area contributed by atoms with Gasteiger partial charge in [-0.2, -0.15) is 0 Å². The van der Waals surface area contributed by atoms with Crippen molar-refractivity contribution in [2.24, 2.45) is 0 Å². The molecule has 0 heterocycles. The zero-order chi connectivity index (χ0) is 28.9. The van der Waals surface area contributed by atoms with Crippen LogP contribution in [0.15, 0.2) is 42.5 Å². The molecule has 0 saturated heterocycles. The van der Waals surface area contributed by atoms with Crippen LogP contribution in [0.4, 0.5) is 0 Å². The molecule has 0 aliphatic carbocycles. The predicted octanol–water partition coefficient (Wildman–Crippen LogP) is 3.82. The van der Waals surface area contributed by atoms with Gasteiger partial charge in [0.1, 0.15) is 13.2 Å². The van der Waals surface area contributed by atoms with E-state index in [4.69, 9.17) is 33.2 Å². The van der Waals surface area contributed by atoms with Crippen molar-refractivity contribution in [1.82, 2.24) is 0 Å². The number of hydrogen-bond acceptors (Lipinski definition) is 11. The summed E-state index contributed by atoms with van der Waals surface area (Å²) in [5.41, 5.74) is 1.17. The molecule has 11 nitrogen and oxygen atoms in total. The van der Waals surface area contributed by atoms with Gasteiger partial charge in [-0.05, 0) is 35.9 Å². The fourth-order valence-electron chi connectivity index (χ4n) is 3.42. The third kappa shape index (κ3) is 10.0. The monoisotopic (exact) mass is 544 g/mol. The third-order valence-corrected chi connectivity index (χ3v) is 5.01. The lowest BCUT2D eigenvalue weighted by molar-refractivity contribution is -0.157. The normalized spacial score (nSPS) is 12.2. The maximum atomic E-state index is 12.1. The van der Waals surface area contributed by atoms with E-state index >= 15 is 0 Å². The van der Waals surface area contributed by atoms with Gasteiger partial charge in [-0.15, -0.1) is 0 Å². The molecule has 0 amide bonds. The molecule has 2 rings (SSSR count). The quantitative estimate of drug-likeness (QED) is 0.207. The highest BCUT2D eigenvalue weighted by molar-refractivity contribution is 5.71. The third-order valence-electron chi connectivity index (χ3n) is 5.01. The van der Waals surface area contributed by atoms with E-state index in [-0.39, 0.29) is 36.4 Å². The van der Waals surface area contributed by atoms with Gasteiger partial charge in [0.05, 0.1) is 14.2 Å². The molecule has 0 aromatic heterocycles. The maximum Gasteiger partial charge on any atom is 0.308 e. The van der Waals surface area contributed by atoms with Crippen LogP contribution in [-0.4, -0.2) is 57.4 Å². The number of carbonyl (C=O) groups excluding carboxylic acids is 4. The fourth-order valence-corrected chi connectivity index (χ4v) is 3.42. The van der Waals surface area contributed by atoms with Gasteiger partial charge in [-0.1, -0.05) is 18.2 Å². The number of rotatable bonds is 13. The highest BCUT2D eigenvalue weighted by atomic mass is 16.6. The standard InChI is InChI=1S/C28H32O11/c1-17(29)35-13-7-8-21-9-11-24(25(14-21)33-5)39-27(16-36-18(2)30)28(38-20(4)32)22-10-12-23(37-19(3)31)26(15-22)34-6/h7-12,14-15,27-28H,13,16H2,1-6H3/b8-7+/t27-,28+/m0/s1. The van der Waals surface area contributed by atoms with Gasteiger partial charge in [-0.3, -0.25) is 19.2 Å². The summed E-state index contributed by atoms with van der Waals surface area (Å²) in [4.78, 5) is 46.1. The fraction of sp³-hybridized carbons (Fsp3) is 0.357. The van der Waals surface area contributed by atoms with Crippen LogP contribution in [0.25, 0.3) is 6.08 Å². The van der Waals surface area contributed by atoms with E-state index in [9.17, 15) is 19.2 Å². The minimum Gasteiger partial charge on any atom is -0.493 e. The van der Waals surface area contributed by atoms with Crippen molar-refractivity contribution in [3.8, 4) is 23.0 Å².